The summed E-state index contributed by atoms with van der Waals surface area (Å²) in [7, 11) is 0. The Morgan fingerprint density at radius 1 is 1.43 bits per heavy atom. The Balaban J connectivity index is 2.65. The Bertz CT molecular complexity index is 346. The smallest absolute Gasteiger partial charge is 0.349 e. The first-order valence-corrected chi connectivity index (χ1v) is 5.44. The van der Waals surface area contributed by atoms with Gasteiger partial charge in [0.05, 0.1) is 4.91 Å². The minimum absolute atomic E-state index is 0.375. The van der Waals surface area contributed by atoms with Gasteiger partial charge in [0.2, 0.25) is 0 Å². The average Bonchev–Trinajstić information content (AvgIpc) is 2.20. The van der Waals surface area contributed by atoms with Crippen LogP contribution in [-0.4, -0.2) is 12.2 Å². The second-order valence-electron chi connectivity index (χ2n) is 2.47. The molecule has 0 heterocycles. The molecule has 1 rings (SSSR count). The number of carbonyl (C=O) groups is 1. The van der Waals surface area contributed by atoms with E-state index in [0.29, 0.717) is 15.7 Å². The van der Waals surface area contributed by atoms with Crippen LogP contribution in [0.4, 0.5) is 0 Å². The minimum atomic E-state index is -0.431. The summed E-state index contributed by atoms with van der Waals surface area (Å²) in [5.74, 6) is 0.0365. The summed E-state index contributed by atoms with van der Waals surface area (Å²) in [5.41, 5.74) is 0. The molecule has 0 amide bonds. The van der Waals surface area contributed by atoms with Crippen molar-refractivity contribution in [1.29, 1.82) is 0 Å². The van der Waals surface area contributed by atoms with Crippen LogP contribution in [0.2, 0.25) is 5.02 Å². The first-order chi connectivity index (χ1) is 6.63. The van der Waals surface area contributed by atoms with Crippen molar-refractivity contribution >= 4 is 29.3 Å². The highest BCUT2D eigenvalue weighted by molar-refractivity contribution is 8.03. The maximum atomic E-state index is 11.3. The average molecular weight is 229 g/mol. The van der Waals surface area contributed by atoms with Crippen molar-refractivity contribution in [2.45, 2.75) is 0 Å². The van der Waals surface area contributed by atoms with Crippen LogP contribution in [-0.2, 0) is 4.79 Å². The summed E-state index contributed by atoms with van der Waals surface area (Å²) in [5, 5.41) is 0.605. The third kappa shape index (κ3) is 3.09. The van der Waals surface area contributed by atoms with E-state index in [9.17, 15) is 4.79 Å². The van der Waals surface area contributed by atoms with Gasteiger partial charge in [-0.3, -0.25) is 0 Å². The molecule has 1 aromatic carbocycles. The van der Waals surface area contributed by atoms with Crippen LogP contribution in [0.25, 0.3) is 0 Å². The lowest BCUT2D eigenvalue weighted by Gasteiger charge is -2.03. The quantitative estimate of drug-likeness (QED) is 0.452. The molecule has 0 N–H and O–H groups in total. The van der Waals surface area contributed by atoms with Crippen LogP contribution >= 0.6 is 23.4 Å². The van der Waals surface area contributed by atoms with Crippen molar-refractivity contribution in [2.24, 2.45) is 0 Å². The molecule has 0 saturated carbocycles. The van der Waals surface area contributed by atoms with E-state index in [-0.39, 0.29) is 0 Å². The van der Waals surface area contributed by atoms with E-state index in [1.54, 1.807) is 30.5 Å². The maximum absolute atomic E-state index is 11.3. The zero-order valence-corrected chi connectivity index (χ0v) is 9.19. The Kier molecular flexibility index (Phi) is 4.04. The monoisotopic (exact) mass is 228 g/mol. The van der Waals surface area contributed by atoms with E-state index in [4.69, 9.17) is 16.3 Å². The van der Waals surface area contributed by atoms with Crippen LogP contribution in [0, 0.1) is 0 Å². The van der Waals surface area contributed by atoms with Crippen LogP contribution in [0.5, 0.6) is 5.75 Å². The highest BCUT2D eigenvalue weighted by Crippen LogP contribution is 2.18. The van der Waals surface area contributed by atoms with Gasteiger partial charge in [0.25, 0.3) is 0 Å². The molecule has 0 saturated heterocycles. The molecular formula is C10H9ClO2S. The zero-order valence-electron chi connectivity index (χ0n) is 7.62. The van der Waals surface area contributed by atoms with Gasteiger partial charge in [0, 0.05) is 5.02 Å². The van der Waals surface area contributed by atoms with Crippen molar-refractivity contribution in [2.75, 3.05) is 6.26 Å². The first-order valence-electron chi connectivity index (χ1n) is 3.84. The summed E-state index contributed by atoms with van der Waals surface area (Å²) < 4.78 is 5.00. The Morgan fingerprint density at radius 3 is 2.50 bits per heavy atom. The van der Waals surface area contributed by atoms with Gasteiger partial charge in [-0.05, 0) is 30.5 Å². The molecule has 0 aliphatic carbocycles. The van der Waals surface area contributed by atoms with E-state index < -0.39 is 5.97 Å². The lowest BCUT2D eigenvalue weighted by Crippen LogP contribution is -2.07. The van der Waals surface area contributed by atoms with E-state index >= 15 is 0 Å². The summed E-state index contributed by atoms with van der Waals surface area (Å²) in [6.07, 6.45) is 1.77. The van der Waals surface area contributed by atoms with Gasteiger partial charge in [-0.25, -0.2) is 4.79 Å². The molecule has 0 unspecified atom stereocenters. The van der Waals surface area contributed by atoms with Gasteiger partial charge in [-0.15, -0.1) is 11.8 Å². The third-order valence-corrected chi connectivity index (χ3v) is 2.41. The number of carbonyl (C=O) groups excluding carboxylic acids is 1. The SMILES string of the molecule is C=C(SC)C(=O)Oc1ccc(Cl)cc1. The number of hydrogen-bond donors (Lipinski definition) is 0. The second-order valence-corrected chi connectivity index (χ2v) is 3.81. The fraction of sp³-hybridized carbons (Fsp3) is 0.100. The number of ether oxygens (including phenoxy) is 1. The predicted octanol–water partition coefficient (Wildman–Crippen LogP) is 3.12. The van der Waals surface area contributed by atoms with Crippen molar-refractivity contribution in [1.82, 2.24) is 0 Å². The molecule has 74 valence electrons. The third-order valence-electron chi connectivity index (χ3n) is 1.50. The number of thioether (sulfide) groups is 1. The number of benzene rings is 1. The normalized spacial score (nSPS) is 9.57. The molecule has 0 aliphatic heterocycles. The fourth-order valence-electron chi connectivity index (χ4n) is 0.750. The van der Waals surface area contributed by atoms with E-state index in [1.165, 1.54) is 11.8 Å². The Morgan fingerprint density at radius 2 is 2.00 bits per heavy atom. The van der Waals surface area contributed by atoms with Gasteiger partial charge >= 0.3 is 5.97 Å². The first kappa shape index (κ1) is 11.1. The molecular weight excluding hydrogens is 220 g/mol. The molecule has 0 aromatic heterocycles. The summed E-state index contributed by atoms with van der Waals surface area (Å²) in [6, 6.07) is 6.58. The van der Waals surface area contributed by atoms with Crippen LogP contribution < -0.4 is 4.74 Å². The molecule has 2 nitrogen and oxygen atoms in total. The van der Waals surface area contributed by atoms with Gasteiger partial charge in [0.1, 0.15) is 5.75 Å². The molecule has 0 radical (unpaired) electrons. The second kappa shape index (κ2) is 5.08. The number of halogens is 1. The van der Waals surface area contributed by atoms with Gasteiger partial charge < -0.3 is 4.74 Å². The largest absolute Gasteiger partial charge is 0.423 e. The molecule has 0 atom stereocenters. The standard InChI is InChI=1S/C10H9ClO2S/c1-7(14-2)10(12)13-9-5-3-8(11)4-6-9/h3-6H,1H2,2H3. The number of hydrogen-bond acceptors (Lipinski definition) is 3. The highest BCUT2D eigenvalue weighted by Gasteiger charge is 2.07. The summed E-state index contributed by atoms with van der Waals surface area (Å²) >= 11 is 6.94. The minimum Gasteiger partial charge on any atom is -0.423 e. The van der Waals surface area contributed by atoms with Crippen molar-refractivity contribution in [3.63, 3.8) is 0 Å². The summed E-state index contributed by atoms with van der Waals surface area (Å²) in [4.78, 5) is 11.6. The Hall–Kier alpha value is -0.930. The molecule has 0 fully saturated rings. The van der Waals surface area contributed by atoms with Gasteiger partial charge in [0.15, 0.2) is 0 Å². The van der Waals surface area contributed by atoms with Crippen molar-refractivity contribution in [3.8, 4) is 5.75 Å². The van der Waals surface area contributed by atoms with E-state index in [2.05, 4.69) is 6.58 Å². The Labute approximate surface area is 91.9 Å². The highest BCUT2D eigenvalue weighted by atomic mass is 35.5. The zero-order chi connectivity index (χ0) is 10.6. The van der Waals surface area contributed by atoms with E-state index in [0.717, 1.165) is 0 Å². The fourth-order valence-corrected chi connectivity index (χ4v) is 1.08. The molecule has 4 heteroatoms. The maximum Gasteiger partial charge on any atom is 0.349 e. The van der Waals surface area contributed by atoms with Crippen molar-refractivity contribution < 1.29 is 9.53 Å². The molecule has 0 aliphatic rings. The van der Waals surface area contributed by atoms with Crippen LogP contribution in [0.1, 0.15) is 0 Å². The van der Waals surface area contributed by atoms with Crippen LogP contribution in [0.15, 0.2) is 35.7 Å². The predicted molar refractivity (Wildman–Crippen MR) is 59.7 cm³/mol. The number of esters is 1. The topological polar surface area (TPSA) is 26.3 Å². The van der Waals surface area contributed by atoms with Crippen LogP contribution in [0.3, 0.4) is 0 Å². The van der Waals surface area contributed by atoms with Crippen molar-refractivity contribution in [3.05, 3.63) is 40.8 Å². The molecule has 0 spiro atoms. The number of rotatable bonds is 3. The molecule has 14 heavy (non-hydrogen) atoms. The summed E-state index contributed by atoms with van der Waals surface area (Å²) in [6.45, 7) is 3.55. The van der Waals surface area contributed by atoms with Gasteiger partial charge in [-0.1, -0.05) is 18.2 Å². The molecule has 0 bridgehead atoms. The lowest BCUT2D eigenvalue weighted by molar-refractivity contribution is -0.129. The van der Waals surface area contributed by atoms with E-state index in [1.807, 2.05) is 0 Å². The molecule has 1 aromatic rings. The lowest BCUT2D eigenvalue weighted by atomic mass is 10.3. The van der Waals surface area contributed by atoms with Gasteiger partial charge in [-0.2, -0.15) is 0 Å².